The first-order chi connectivity index (χ1) is 6.18. The van der Waals surface area contributed by atoms with Crippen LogP contribution in [0.15, 0.2) is 35.9 Å². The summed E-state index contributed by atoms with van der Waals surface area (Å²) in [6.45, 7) is 4.34. The molecule has 0 aromatic heterocycles. The SMILES string of the molecule is C/C(=C\c1ccccc1)CC(C)Br. The Bertz CT molecular complexity index is 272. The van der Waals surface area contributed by atoms with Gasteiger partial charge in [-0.25, -0.2) is 0 Å². The molecule has 0 saturated heterocycles. The zero-order valence-corrected chi connectivity index (χ0v) is 9.71. The van der Waals surface area contributed by atoms with Gasteiger partial charge in [-0.3, -0.25) is 0 Å². The molecule has 0 aliphatic carbocycles. The summed E-state index contributed by atoms with van der Waals surface area (Å²) in [5, 5.41) is 0. The predicted molar refractivity (Wildman–Crippen MR) is 63.1 cm³/mol. The first-order valence-corrected chi connectivity index (χ1v) is 5.46. The van der Waals surface area contributed by atoms with E-state index in [0.29, 0.717) is 4.83 Å². The molecule has 1 atom stereocenters. The van der Waals surface area contributed by atoms with Gasteiger partial charge in [0.25, 0.3) is 0 Å². The second kappa shape index (κ2) is 5.23. The Morgan fingerprint density at radius 3 is 2.54 bits per heavy atom. The summed E-state index contributed by atoms with van der Waals surface area (Å²) >= 11 is 3.55. The van der Waals surface area contributed by atoms with Gasteiger partial charge in [-0.1, -0.05) is 64.8 Å². The molecule has 0 nitrogen and oxygen atoms in total. The quantitative estimate of drug-likeness (QED) is 0.691. The molecule has 0 bridgehead atoms. The lowest BCUT2D eigenvalue weighted by Gasteiger charge is -2.03. The van der Waals surface area contributed by atoms with Crippen molar-refractivity contribution < 1.29 is 0 Å². The van der Waals surface area contributed by atoms with E-state index in [4.69, 9.17) is 0 Å². The number of hydrogen-bond acceptors (Lipinski definition) is 0. The summed E-state index contributed by atoms with van der Waals surface area (Å²) < 4.78 is 0. The molecule has 0 aliphatic rings. The maximum Gasteiger partial charge on any atom is 0.0154 e. The van der Waals surface area contributed by atoms with Gasteiger partial charge in [0.1, 0.15) is 0 Å². The van der Waals surface area contributed by atoms with Crippen molar-refractivity contribution in [2.75, 3.05) is 0 Å². The Balaban J connectivity index is 2.66. The average molecular weight is 239 g/mol. The average Bonchev–Trinajstić information content (AvgIpc) is 2.04. The molecule has 0 spiro atoms. The van der Waals surface area contributed by atoms with Crippen LogP contribution in [-0.4, -0.2) is 4.83 Å². The van der Waals surface area contributed by atoms with Crippen molar-refractivity contribution in [3.05, 3.63) is 41.5 Å². The Morgan fingerprint density at radius 1 is 1.38 bits per heavy atom. The van der Waals surface area contributed by atoms with Gasteiger partial charge in [-0.15, -0.1) is 0 Å². The van der Waals surface area contributed by atoms with Crippen LogP contribution in [0, 0.1) is 0 Å². The molecule has 0 N–H and O–H groups in total. The van der Waals surface area contributed by atoms with E-state index in [1.807, 2.05) is 6.07 Å². The number of halogens is 1. The van der Waals surface area contributed by atoms with E-state index in [0.717, 1.165) is 6.42 Å². The van der Waals surface area contributed by atoms with Crippen molar-refractivity contribution in [1.82, 2.24) is 0 Å². The second-order valence-corrected chi connectivity index (χ2v) is 4.95. The molecular weight excluding hydrogens is 224 g/mol. The minimum Gasteiger partial charge on any atom is -0.0890 e. The fraction of sp³-hybridized carbons (Fsp3) is 0.333. The van der Waals surface area contributed by atoms with Gasteiger partial charge in [0.15, 0.2) is 0 Å². The molecular formula is C12H15Br. The molecule has 70 valence electrons. The Labute approximate surface area is 88.8 Å². The van der Waals surface area contributed by atoms with Crippen LogP contribution in [-0.2, 0) is 0 Å². The van der Waals surface area contributed by atoms with Gasteiger partial charge in [0, 0.05) is 4.83 Å². The molecule has 13 heavy (non-hydrogen) atoms. The molecule has 1 unspecified atom stereocenters. The molecule has 0 aliphatic heterocycles. The summed E-state index contributed by atoms with van der Waals surface area (Å²) in [6.07, 6.45) is 3.34. The number of allylic oxidation sites excluding steroid dienone is 1. The highest BCUT2D eigenvalue weighted by molar-refractivity contribution is 9.09. The van der Waals surface area contributed by atoms with E-state index in [1.54, 1.807) is 0 Å². The summed E-state index contributed by atoms with van der Waals surface area (Å²) in [7, 11) is 0. The van der Waals surface area contributed by atoms with Crippen molar-refractivity contribution in [3.63, 3.8) is 0 Å². The molecule has 0 heterocycles. The fourth-order valence-electron chi connectivity index (χ4n) is 1.34. The molecule has 0 amide bonds. The maximum absolute atomic E-state index is 3.55. The molecule has 0 saturated carbocycles. The van der Waals surface area contributed by atoms with Crippen LogP contribution in [0.2, 0.25) is 0 Å². The highest BCUT2D eigenvalue weighted by Crippen LogP contribution is 2.14. The molecule has 1 aromatic carbocycles. The normalized spacial score (nSPS) is 14.2. The summed E-state index contributed by atoms with van der Waals surface area (Å²) in [4.78, 5) is 0.562. The van der Waals surface area contributed by atoms with Gasteiger partial charge >= 0.3 is 0 Å². The molecule has 1 aromatic rings. The third-order valence-electron chi connectivity index (χ3n) is 1.82. The molecule has 0 radical (unpaired) electrons. The zero-order chi connectivity index (χ0) is 9.68. The summed E-state index contributed by atoms with van der Waals surface area (Å²) in [6, 6.07) is 10.4. The first kappa shape index (κ1) is 10.5. The smallest absolute Gasteiger partial charge is 0.0154 e. The Hall–Kier alpha value is -0.560. The molecule has 1 heteroatoms. The van der Waals surface area contributed by atoms with Crippen molar-refractivity contribution in [2.45, 2.75) is 25.1 Å². The van der Waals surface area contributed by atoms with Gasteiger partial charge in [-0.2, -0.15) is 0 Å². The first-order valence-electron chi connectivity index (χ1n) is 4.55. The van der Waals surface area contributed by atoms with Crippen LogP contribution in [0.25, 0.3) is 6.08 Å². The van der Waals surface area contributed by atoms with E-state index < -0.39 is 0 Å². The number of alkyl halides is 1. The van der Waals surface area contributed by atoms with Gasteiger partial charge in [-0.05, 0) is 18.9 Å². The molecule has 0 fully saturated rings. The lowest BCUT2D eigenvalue weighted by Crippen LogP contribution is -1.90. The van der Waals surface area contributed by atoms with E-state index in [-0.39, 0.29) is 0 Å². The second-order valence-electron chi connectivity index (χ2n) is 3.39. The zero-order valence-electron chi connectivity index (χ0n) is 8.13. The molecule has 1 rings (SSSR count). The Morgan fingerprint density at radius 2 is 2.00 bits per heavy atom. The van der Waals surface area contributed by atoms with Crippen LogP contribution in [0.3, 0.4) is 0 Å². The van der Waals surface area contributed by atoms with Crippen LogP contribution < -0.4 is 0 Å². The highest BCUT2D eigenvalue weighted by atomic mass is 79.9. The number of rotatable bonds is 3. The van der Waals surface area contributed by atoms with Gasteiger partial charge in [0.2, 0.25) is 0 Å². The van der Waals surface area contributed by atoms with Crippen LogP contribution in [0.4, 0.5) is 0 Å². The lowest BCUT2D eigenvalue weighted by atomic mass is 10.1. The summed E-state index contributed by atoms with van der Waals surface area (Å²) in [5.41, 5.74) is 2.70. The van der Waals surface area contributed by atoms with E-state index in [1.165, 1.54) is 11.1 Å². The fourth-order valence-corrected chi connectivity index (χ4v) is 1.85. The third-order valence-corrected chi connectivity index (χ3v) is 2.14. The van der Waals surface area contributed by atoms with E-state index >= 15 is 0 Å². The van der Waals surface area contributed by atoms with Crippen molar-refractivity contribution in [3.8, 4) is 0 Å². The van der Waals surface area contributed by atoms with Crippen molar-refractivity contribution in [2.24, 2.45) is 0 Å². The Kier molecular flexibility index (Phi) is 4.23. The topological polar surface area (TPSA) is 0 Å². The summed E-state index contributed by atoms with van der Waals surface area (Å²) in [5.74, 6) is 0. The largest absolute Gasteiger partial charge is 0.0890 e. The predicted octanol–water partition coefficient (Wildman–Crippen LogP) is 4.26. The lowest BCUT2D eigenvalue weighted by molar-refractivity contribution is 0.948. The van der Waals surface area contributed by atoms with Crippen LogP contribution >= 0.6 is 15.9 Å². The van der Waals surface area contributed by atoms with Gasteiger partial charge in [0.05, 0.1) is 0 Å². The highest BCUT2D eigenvalue weighted by Gasteiger charge is 1.96. The third kappa shape index (κ3) is 4.28. The van der Waals surface area contributed by atoms with E-state index in [2.05, 4.69) is 60.1 Å². The van der Waals surface area contributed by atoms with Crippen LogP contribution in [0.1, 0.15) is 25.8 Å². The minimum atomic E-state index is 0.562. The monoisotopic (exact) mass is 238 g/mol. The van der Waals surface area contributed by atoms with Crippen molar-refractivity contribution in [1.29, 1.82) is 0 Å². The van der Waals surface area contributed by atoms with Crippen LogP contribution in [0.5, 0.6) is 0 Å². The number of hydrogen-bond donors (Lipinski definition) is 0. The van der Waals surface area contributed by atoms with Crippen molar-refractivity contribution >= 4 is 22.0 Å². The standard InChI is InChI=1S/C12H15Br/c1-10(8-11(2)13)9-12-6-4-3-5-7-12/h3-7,9,11H,8H2,1-2H3/b10-9+. The minimum absolute atomic E-state index is 0.562. The maximum atomic E-state index is 3.55. The number of benzene rings is 1. The van der Waals surface area contributed by atoms with E-state index in [9.17, 15) is 0 Å². The van der Waals surface area contributed by atoms with Gasteiger partial charge < -0.3 is 0 Å².